The van der Waals surface area contributed by atoms with Gasteiger partial charge in [-0.25, -0.2) is 0 Å². The Hall–Kier alpha value is -0.120. The minimum Gasteiger partial charge on any atom is -0.382 e. The lowest BCUT2D eigenvalue weighted by Crippen LogP contribution is -2.48. The molecule has 1 rings (SSSR count). The summed E-state index contributed by atoms with van der Waals surface area (Å²) in [5.41, 5.74) is 6.14. The minimum absolute atomic E-state index is 0.385. The van der Waals surface area contributed by atoms with Gasteiger partial charge in [0.2, 0.25) is 0 Å². The second-order valence-corrected chi connectivity index (χ2v) is 4.55. The minimum atomic E-state index is 0.385. The molecule has 0 saturated heterocycles. The molecule has 1 saturated carbocycles. The number of hydrogen-bond donors (Lipinski definition) is 1. The zero-order valence-electron chi connectivity index (χ0n) is 10.2. The lowest BCUT2D eigenvalue weighted by Gasteiger charge is -2.36. The van der Waals surface area contributed by atoms with Crippen LogP contribution >= 0.6 is 0 Å². The molecule has 1 aliphatic rings. The fourth-order valence-electron chi connectivity index (χ4n) is 2.41. The van der Waals surface area contributed by atoms with E-state index in [2.05, 4.69) is 11.9 Å². The van der Waals surface area contributed by atoms with Crippen LogP contribution in [0.2, 0.25) is 0 Å². The van der Waals surface area contributed by atoms with E-state index >= 15 is 0 Å². The van der Waals surface area contributed by atoms with Gasteiger partial charge < -0.3 is 15.4 Å². The molecule has 15 heavy (non-hydrogen) atoms. The van der Waals surface area contributed by atoms with Gasteiger partial charge in [0.1, 0.15) is 0 Å². The predicted octanol–water partition coefficient (Wildman–Crippen LogP) is 1.61. The van der Waals surface area contributed by atoms with E-state index in [0.29, 0.717) is 12.1 Å². The first-order valence-corrected chi connectivity index (χ1v) is 6.29. The van der Waals surface area contributed by atoms with Crippen LogP contribution in [0.15, 0.2) is 0 Å². The van der Waals surface area contributed by atoms with Crippen LogP contribution < -0.4 is 5.73 Å². The highest BCUT2D eigenvalue weighted by Gasteiger charge is 2.24. The molecule has 1 fully saturated rings. The average Bonchev–Trinajstić information content (AvgIpc) is 2.25. The van der Waals surface area contributed by atoms with Crippen LogP contribution in [0.3, 0.4) is 0 Å². The molecule has 0 aliphatic heterocycles. The van der Waals surface area contributed by atoms with E-state index in [4.69, 9.17) is 10.5 Å². The molecule has 0 bridgehead atoms. The first kappa shape index (κ1) is 12.9. The highest BCUT2D eigenvalue weighted by molar-refractivity contribution is 4.84. The standard InChI is InChI=1S/C12H26N2O/c1-3-15-10-6-9-14(2)12-8-5-4-7-11(12)13/h11-12H,3-10,13H2,1-2H3. The Bertz CT molecular complexity index is 164. The largest absolute Gasteiger partial charge is 0.382 e. The summed E-state index contributed by atoms with van der Waals surface area (Å²) in [6, 6.07) is 0.983. The highest BCUT2D eigenvalue weighted by Crippen LogP contribution is 2.20. The van der Waals surface area contributed by atoms with Crippen LogP contribution in [-0.4, -0.2) is 43.8 Å². The summed E-state index contributed by atoms with van der Waals surface area (Å²) in [6.07, 6.45) is 6.24. The summed E-state index contributed by atoms with van der Waals surface area (Å²) >= 11 is 0. The molecule has 3 nitrogen and oxygen atoms in total. The topological polar surface area (TPSA) is 38.5 Å². The van der Waals surface area contributed by atoms with Crippen molar-refractivity contribution in [3.8, 4) is 0 Å². The first-order chi connectivity index (χ1) is 7.25. The molecule has 2 unspecified atom stereocenters. The lowest BCUT2D eigenvalue weighted by molar-refractivity contribution is 0.116. The Labute approximate surface area is 94.0 Å². The SMILES string of the molecule is CCOCCCN(C)C1CCCCC1N. The van der Waals surface area contributed by atoms with Gasteiger partial charge in [-0.05, 0) is 33.2 Å². The van der Waals surface area contributed by atoms with Gasteiger partial charge in [0.05, 0.1) is 0 Å². The van der Waals surface area contributed by atoms with E-state index < -0.39 is 0 Å². The van der Waals surface area contributed by atoms with Crippen LogP contribution in [0.5, 0.6) is 0 Å². The molecular formula is C12H26N2O. The predicted molar refractivity (Wildman–Crippen MR) is 64.0 cm³/mol. The number of ether oxygens (including phenoxy) is 1. The van der Waals surface area contributed by atoms with Crippen molar-refractivity contribution in [2.75, 3.05) is 26.8 Å². The smallest absolute Gasteiger partial charge is 0.0478 e. The van der Waals surface area contributed by atoms with Crippen molar-refractivity contribution in [2.24, 2.45) is 5.73 Å². The van der Waals surface area contributed by atoms with Gasteiger partial charge in [-0.15, -0.1) is 0 Å². The molecule has 0 aromatic carbocycles. The van der Waals surface area contributed by atoms with Crippen LogP contribution in [0.1, 0.15) is 39.0 Å². The highest BCUT2D eigenvalue weighted by atomic mass is 16.5. The molecule has 0 spiro atoms. The van der Waals surface area contributed by atoms with Crippen molar-refractivity contribution >= 4 is 0 Å². The number of hydrogen-bond acceptors (Lipinski definition) is 3. The van der Waals surface area contributed by atoms with Crippen molar-refractivity contribution in [3.63, 3.8) is 0 Å². The summed E-state index contributed by atoms with van der Waals surface area (Å²) in [5, 5.41) is 0. The summed E-state index contributed by atoms with van der Waals surface area (Å²) in [7, 11) is 2.20. The summed E-state index contributed by atoms with van der Waals surface area (Å²) in [5.74, 6) is 0. The van der Waals surface area contributed by atoms with Crippen molar-refractivity contribution in [2.45, 2.75) is 51.1 Å². The third-order valence-electron chi connectivity index (χ3n) is 3.35. The van der Waals surface area contributed by atoms with Crippen LogP contribution in [0.4, 0.5) is 0 Å². The van der Waals surface area contributed by atoms with E-state index in [9.17, 15) is 0 Å². The average molecular weight is 214 g/mol. The second-order valence-electron chi connectivity index (χ2n) is 4.55. The third-order valence-corrected chi connectivity index (χ3v) is 3.35. The Morgan fingerprint density at radius 3 is 2.73 bits per heavy atom. The molecule has 3 heteroatoms. The van der Waals surface area contributed by atoms with Gasteiger partial charge in [-0.2, -0.15) is 0 Å². The Morgan fingerprint density at radius 1 is 1.33 bits per heavy atom. The molecular weight excluding hydrogens is 188 g/mol. The molecule has 2 N–H and O–H groups in total. The quantitative estimate of drug-likeness (QED) is 0.683. The number of likely N-dealkylation sites (N-methyl/N-ethyl adjacent to an activating group) is 1. The van der Waals surface area contributed by atoms with Gasteiger partial charge >= 0.3 is 0 Å². The Morgan fingerprint density at radius 2 is 2.07 bits per heavy atom. The Balaban J connectivity index is 2.16. The van der Waals surface area contributed by atoms with Gasteiger partial charge in [0.25, 0.3) is 0 Å². The normalized spacial score (nSPS) is 27.2. The van der Waals surface area contributed by atoms with Gasteiger partial charge in [0, 0.05) is 31.8 Å². The molecule has 2 atom stereocenters. The monoisotopic (exact) mass is 214 g/mol. The van der Waals surface area contributed by atoms with Crippen molar-refractivity contribution in [3.05, 3.63) is 0 Å². The Kier molecular flexibility index (Phi) is 6.22. The number of rotatable bonds is 6. The van der Waals surface area contributed by atoms with E-state index in [-0.39, 0.29) is 0 Å². The second kappa shape index (κ2) is 7.20. The molecule has 0 heterocycles. The zero-order valence-corrected chi connectivity index (χ0v) is 10.2. The van der Waals surface area contributed by atoms with Crippen molar-refractivity contribution in [1.82, 2.24) is 4.90 Å². The molecule has 0 amide bonds. The lowest BCUT2D eigenvalue weighted by atomic mass is 9.90. The van der Waals surface area contributed by atoms with E-state index in [1.165, 1.54) is 25.7 Å². The first-order valence-electron chi connectivity index (χ1n) is 6.29. The maximum absolute atomic E-state index is 6.14. The van der Waals surface area contributed by atoms with Gasteiger partial charge in [0.15, 0.2) is 0 Å². The van der Waals surface area contributed by atoms with E-state index in [0.717, 1.165) is 26.2 Å². The molecule has 0 aromatic heterocycles. The van der Waals surface area contributed by atoms with Gasteiger partial charge in [-0.1, -0.05) is 12.8 Å². The summed E-state index contributed by atoms with van der Waals surface area (Å²) in [6.45, 7) is 4.86. The zero-order chi connectivity index (χ0) is 11.1. The summed E-state index contributed by atoms with van der Waals surface area (Å²) in [4.78, 5) is 2.42. The maximum atomic E-state index is 6.14. The number of nitrogens with two attached hydrogens (primary N) is 1. The van der Waals surface area contributed by atoms with Crippen molar-refractivity contribution in [1.29, 1.82) is 0 Å². The van der Waals surface area contributed by atoms with Crippen LogP contribution in [-0.2, 0) is 4.74 Å². The van der Waals surface area contributed by atoms with Crippen molar-refractivity contribution < 1.29 is 4.74 Å². The number of nitrogens with zero attached hydrogens (tertiary/aromatic N) is 1. The fourth-order valence-corrected chi connectivity index (χ4v) is 2.41. The van der Waals surface area contributed by atoms with Gasteiger partial charge in [-0.3, -0.25) is 0 Å². The third kappa shape index (κ3) is 4.49. The molecule has 0 radical (unpaired) electrons. The molecule has 90 valence electrons. The maximum Gasteiger partial charge on any atom is 0.0478 e. The van der Waals surface area contributed by atoms with E-state index in [1.54, 1.807) is 0 Å². The van der Waals surface area contributed by atoms with Crippen LogP contribution in [0, 0.1) is 0 Å². The van der Waals surface area contributed by atoms with Crippen LogP contribution in [0.25, 0.3) is 0 Å². The summed E-state index contributed by atoms with van der Waals surface area (Å²) < 4.78 is 5.34. The van der Waals surface area contributed by atoms with E-state index in [1.807, 2.05) is 6.92 Å². The molecule has 0 aromatic rings. The fraction of sp³-hybridized carbons (Fsp3) is 1.00. The molecule has 1 aliphatic carbocycles.